The van der Waals surface area contributed by atoms with Crippen LogP contribution in [0.4, 0.5) is 27.6 Å². The van der Waals surface area contributed by atoms with Gasteiger partial charge in [-0.3, -0.25) is 5.43 Å². The van der Waals surface area contributed by atoms with Gasteiger partial charge in [0.05, 0.1) is 6.21 Å². The molecule has 9 heteroatoms. The van der Waals surface area contributed by atoms with Crippen molar-refractivity contribution in [2.45, 2.75) is 0 Å². The number of furan rings is 1. The van der Waals surface area contributed by atoms with Crippen LogP contribution in [0.5, 0.6) is 0 Å². The Morgan fingerprint density at radius 1 is 0.885 bits per heavy atom. The monoisotopic (exact) mass is 386 g/mol. The van der Waals surface area contributed by atoms with E-state index in [9.17, 15) is 22.0 Å². The predicted molar refractivity (Wildman–Crippen MR) is 86.6 cm³/mol. The molecule has 0 fully saturated rings. The third-order valence-corrected chi connectivity index (χ3v) is 3.55. The Morgan fingerprint density at radius 3 is 2.19 bits per heavy atom. The number of nitrogens with zero attached hydrogens (tertiary/aromatic N) is 1. The zero-order valence-electron chi connectivity index (χ0n) is 12.7. The van der Waals surface area contributed by atoms with Crippen LogP contribution in [0.1, 0.15) is 5.76 Å². The van der Waals surface area contributed by atoms with Crippen LogP contribution in [0, 0.1) is 29.1 Å². The van der Waals surface area contributed by atoms with Crippen molar-refractivity contribution >= 4 is 23.5 Å². The summed E-state index contributed by atoms with van der Waals surface area (Å²) in [4.78, 5) is 0. The summed E-state index contributed by atoms with van der Waals surface area (Å²) in [5.41, 5.74) is 1.21. The molecule has 1 N–H and O–H groups in total. The molecule has 0 amide bonds. The number of rotatable bonds is 4. The maximum atomic E-state index is 13.5. The van der Waals surface area contributed by atoms with E-state index in [0.717, 1.165) is 6.21 Å². The molecule has 0 atom stereocenters. The normalized spacial score (nSPS) is 11.3. The first-order valence-corrected chi connectivity index (χ1v) is 7.42. The van der Waals surface area contributed by atoms with Crippen molar-refractivity contribution in [2.75, 3.05) is 5.43 Å². The van der Waals surface area contributed by atoms with Crippen LogP contribution in [0.2, 0.25) is 5.02 Å². The highest BCUT2D eigenvalue weighted by molar-refractivity contribution is 6.30. The molecular formula is C17H8ClF5N2O. The topological polar surface area (TPSA) is 37.5 Å². The van der Waals surface area contributed by atoms with Gasteiger partial charge in [0.1, 0.15) is 17.2 Å². The van der Waals surface area contributed by atoms with E-state index in [0.29, 0.717) is 16.3 Å². The van der Waals surface area contributed by atoms with E-state index in [1.165, 1.54) is 6.07 Å². The maximum absolute atomic E-state index is 13.5. The van der Waals surface area contributed by atoms with Gasteiger partial charge in [-0.25, -0.2) is 22.0 Å². The highest BCUT2D eigenvalue weighted by Crippen LogP contribution is 2.27. The van der Waals surface area contributed by atoms with E-state index in [1.807, 2.05) is 0 Å². The SMILES string of the molecule is Fc1c(F)c(F)c(N/N=C\c2ccc(-c3cccc(Cl)c3)o2)c(F)c1F. The number of hydrazone groups is 1. The lowest BCUT2D eigenvalue weighted by Gasteiger charge is -2.06. The van der Waals surface area contributed by atoms with E-state index in [1.54, 1.807) is 35.8 Å². The molecule has 1 heterocycles. The van der Waals surface area contributed by atoms with Gasteiger partial charge in [0.25, 0.3) is 0 Å². The molecular weight excluding hydrogens is 379 g/mol. The Morgan fingerprint density at radius 2 is 1.54 bits per heavy atom. The lowest BCUT2D eigenvalue weighted by atomic mass is 10.2. The third kappa shape index (κ3) is 3.41. The summed E-state index contributed by atoms with van der Waals surface area (Å²) in [6, 6.07) is 9.92. The van der Waals surface area contributed by atoms with Crippen LogP contribution in [-0.2, 0) is 0 Å². The Labute approximate surface area is 148 Å². The van der Waals surface area contributed by atoms with Crippen LogP contribution in [0.25, 0.3) is 11.3 Å². The highest BCUT2D eigenvalue weighted by atomic mass is 35.5. The van der Waals surface area contributed by atoms with Gasteiger partial charge in [-0.15, -0.1) is 0 Å². The molecule has 0 unspecified atom stereocenters. The minimum Gasteiger partial charge on any atom is -0.455 e. The molecule has 3 aromatic rings. The molecule has 0 aliphatic carbocycles. The smallest absolute Gasteiger partial charge is 0.200 e. The lowest BCUT2D eigenvalue weighted by molar-refractivity contribution is 0.381. The van der Waals surface area contributed by atoms with Gasteiger partial charge in [0.2, 0.25) is 5.82 Å². The minimum absolute atomic E-state index is 0.177. The van der Waals surface area contributed by atoms with Crippen LogP contribution in [0.3, 0.4) is 0 Å². The lowest BCUT2D eigenvalue weighted by Crippen LogP contribution is -2.06. The van der Waals surface area contributed by atoms with Crippen molar-refractivity contribution in [3.63, 3.8) is 0 Å². The zero-order chi connectivity index (χ0) is 18.8. The molecule has 0 saturated heterocycles. The standard InChI is InChI=1S/C17H8ClF5N2O/c18-9-3-1-2-8(6-9)11-5-4-10(26-11)7-24-25-17-15(22)13(20)12(19)14(21)16(17)23/h1-7,25H/b24-7-. The molecule has 2 aromatic carbocycles. The Bertz CT molecular complexity index is 974. The molecule has 0 aliphatic rings. The predicted octanol–water partition coefficient (Wildman–Crippen LogP) is 5.74. The van der Waals surface area contributed by atoms with Crippen LogP contribution in [0.15, 0.2) is 45.9 Å². The molecule has 0 aliphatic heterocycles. The minimum atomic E-state index is -2.24. The summed E-state index contributed by atoms with van der Waals surface area (Å²) in [6.45, 7) is 0. The van der Waals surface area contributed by atoms with Crippen molar-refractivity contribution in [3.8, 4) is 11.3 Å². The van der Waals surface area contributed by atoms with Crippen LogP contribution >= 0.6 is 11.6 Å². The average molecular weight is 387 g/mol. The second kappa shape index (κ2) is 7.17. The second-order valence-corrected chi connectivity index (χ2v) is 5.46. The van der Waals surface area contributed by atoms with E-state index in [-0.39, 0.29) is 5.76 Å². The number of nitrogens with one attached hydrogen (secondary N) is 1. The fourth-order valence-electron chi connectivity index (χ4n) is 2.08. The van der Waals surface area contributed by atoms with Gasteiger partial charge in [0.15, 0.2) is 23.3 Å². The van der Waals surface area contributed by atoms with E-state index in [2.05, 4.69) is 5.10 Å². The molecule has 3 rings (SSSR count). The van der Waals surface area contributed by atoms with Crippen LogP contribution < -0.4 is 5.43 Å². The molecule has 134 valence electrons. The van der Waals surface area contributed by atoms with Gasteiger partial charge < -0.3 is 4.42 Å². The van der Waals surface area contributed by atoms with Crippen molar-refractivity contribution in [1.82, 2.24) is 0 Å². The number of hydrogen-bond donors (Lipinski definition) is 1. The highest BCUT2D eigenvalue weighted by Gasteiger charge is 2.25. The van der Waals surface area contributed by atoms with E-state index in [4.69, 9.17) is 16.0 Å². The van der Waals surface area contributed by atoms with E-state index < -0.39 is 34.8 Å². The van der Waals surface area contributed by atoms with Crippen LogP contribution in [-0.4, -0.2) is 6.21 Å². The maximum Gasteiger partial charge on any atom is 0.200 e. The Balaban J connectivity index is 1.81. The van der Waals surface area contributed by atoms with Crippen molar-refractivity contribution in [2.24, 2.45) is 5.10 Å². The molecule has 0 spiro atoms. The Kier molecular flexibility index (Phi) is 4.94. The summed E-state index contributed by atoms with van der Waals surface area (Å²) in [6.07, 6.45) is 1.02. The number of halogens is 6. The summed E-state index contributed by atoms with van der Waals surface area (Å²) < 4.78 is 71.6. The molecule has 0 bridgehead atoms. The van der Waals surface area contributed by atoms with Gasteiger partial charge in [-0.1, -0.05) is 23.7 Å². The molecule has 1 aromatic heterocycles. The first kappa shape index (κ1) is 17.9. The summed E-state index contributed by atoms with van der Waals surface area (Å²) in [7, 11) is 0. The molecule has 0 radical (unpaired) electrons. The molecule has 26 heavy (non-hydrogen) atoms. The fraction of sp³-hybridized carbons (Fsp3) is 0. The summed E-state index contributed by atoms with van der Waals surface area (Å²) >= 11 is 5.88. The second-order valence-electron chi connectivity index (χ2n) is 5.03. The number of anilines is 1. The van der Waals surface area contributed by atoms with Crippen molar-refractivity contribution in [3.05, 3.63) is 76.3 Å². The van der Waals surface area contributed by atoms with Gasteiger partial charge in [0, 0.05) is 10.6 Å². The summed E-state index contributed by atoms with van der Waals surface area (Å²) in [5.74, 6) is -9.78. The number of hydrogen-bond acceptors (Lipinski definition) is 3. The quantitative estimate of drug-likeness (QED) is 0.204. The molecule has 0 saturated carbocycles. The van der Waals surface area contributed by atoms with Crippen molar-refractivity contribution < 1.29 is 26.4 Å². The first-order chi connectivity index (χ1) is 12.4. The summed E-state index contributed by atoms with van der Waals surface area (Å²) in [5, 5.41) is 3.94. The van der Waals surface area contributed by atoms with Crippen molar-refractivity contribution in [1.29, 1.82) is 0 Å². The molecule has 3 nitrogen and oxygen atoms in total. The number of benzene rings is 2. The van der Waals surface area contributed by atoms with Gasteiger partial charge >= 0.3 is 0 Å². The zero-order valence-corrected chi connectivity index (χ0v) is 13.4. The largest absolute Gasteiger partial charge is 0.455 e. The first-order valence-electron chi connectivity index (χ1n) is 7.04. The van der Waals surface area contributed by atoms with E-state index >= 15 is 0 Å². The van der Waals surface area contributed by atoms with Gasteiger partial charge in [-0.05, 0) is 24.3 Å². The Hall–Kier alpha value is -2.87. The van der Waals surface area contributed by atoms with Gasteiger partial charge in [-0.2, -0.15) is 5.10 Å². The third-order valence-electron chi connectivity index (χ3n) is 3.31. The fourth-order valence-corrected chi connectivity index (χ4v) is 2.27. The average Bonchev–Trinajstić information content (AvgIpc) is 3.10.